The van der Waals surface area contributed by atoms with Crippen molar-refractivity contribution in [2.45, 2.75) is 45.0 Å². The minimum Gasteiger partial charge on any atom is -0.493 e. The lowest BCUT2D eigenvalue weighted by Crippen LogP contribution is -2.22. The predicted octanol–water partition coefficient (Wildman–Crippen LogP) is 6.49. The largest absolute Gasteiger partial charge is 0.493 e. The van der Waals surface area contributed by atoms with Crippen LogP contribution < -0.4 is 15.4 Å². The number of hydrogen-bond donors (Lipinski definition) is 1. The topological polar surface area (TPSA) is 120 Å². The van der Waals surface area contributed by atoms with Crippen molar-refractivity contribution in [3.05, 3.63) is 65.1 Å². The molecule has 0 fully saturated rings. The van der Waals surface area contributed by atoms with Gasteiger partial charge in [0.25, 0.3) is 0 Å². The van der Waals surface area contributed by atoms with Crippen LogP contribution in [-0.2, 0) is 20.2 Å². The number of benzene rings is 2. The first-order valence-corrected chi connectivity index (χ1v) is 15.2. The molecule has 1 amide bonds. The van der Waals surface area contributed by atoms with Crippen molar-refractivity contribution in [2.75, 3.05) is 37.1 Å². The summed E-state index contributed by atoms with van der Waals surface area (Å²) in [5, 5.41) is -0.136. The van der Waals surface area contributed by atoms with E-state index in [-0.39, 0.29) is 34.7 Å². The maximum Gasteiger partial charge on any atom is 0.442 e. The van der Waals surface area contributed by atoms with Crippen LogP contribution in [0.5, 0.6) is 5.75 Å². The molecule has 1 atom stereocenters. The maximum atomic E-state index is 14.3. The smallest absolute Gasteiger partial charge is 0.442 e. The lowest BCUT2D eigenvalue weighted by atomic mass is 10.1. The summed E-state index contributed by atoms with van der Waals surface area (Å²) in [6, 6.07) is 9.08. The highest BCUT2D eigenvalue weighted by atomic mass is 35.5. The van der Waals surface area contributed by atoms with Crippen LogP contribution in [0.25, 0.3) is 11.3 Å². The molecular formula is C28H34ClF2N5O4S. The van der Waals surface area contributed by atoms with Gasteiger partial charge >= 0.3 is 6.09 Å². The zero-order valence-electron chi connectivity index (χ0n) is 23.6. The van der Waals surface area contributed by atoms with Crippen molar-refractivity contribution in [2.24, 2.45) is 4.36 Å². The third kappa shape index (κ3) is 10.1. The molecule has 1 aromatic heterocycles. The maximum absolute atomic E-state index is 14.3. The summed E-state index contributed by atoms with van der Waals surface area (Å²) in [4.78, 5) is 21.5. The van der Waals surface area contributed by atoms with Gasteiger partial charge in [0.15, 0.2) is 5.82 Å². The third-order valence-electron chi connectivity index (χ3n) is 5.60. The molecule has 1 unspecified atom stereocenters. The van der Waals surface area contributed by atoms with Gasteiger partial charge in [0.1, 0.15) is 22.9 Å². The number of carbonyl (C=O) groups excluding carboxylic acids is 1. The highest BCUT2D eigenvalue weighted by Gasteiger charge is 2.18. The van der Waals surface area contributed by atoms with E-state index in [0.717, 1.165) is 11.9 Å². The highest BCUT2D eigenvalue weighted by molar-refractivity contribution is 7.92. The van der Waals surface area contributed by atoms with Crippen LogP contribution in [0.1, 0.15) is 39.2 Å². The summed E-state index contributed by atoms with van der Waals surface area (Å²) in [7, 11) is -1.01. The van der Waals surface area contributed by atoms with Crippen LogP contribution in [0.3, 0.4) is 0 Å². The number of nitrogens with zero attached hydrogens (tertiary/aromatic N) is 4. The van der Waals surface area contributed by atoms with E-state index in [1.165, 1.54) is 24.5 Å². The molecule has 2 aromatic carbocycles. The molecule has 0 radical (unpaired) electrons. The molecule has 41 heavy (non-hydrogen) atoms. The monoisotopic (exact) mass is 609 g/mol. The summed E-state index contributed by atoms with van der Waals surface area (Å²) in [5.41, 5.74) is 7.51. The minimum absolute atomic E-state index is 0.0278. The van der Waals surface area contributed by atoms with E-state index in [9.17, 15) is 17.8 Å². The molecule has 3 aromatic rings. The Morgan fingerprint density at radius 3 is 2.61 bits per heavy atom. The number of halogens is 3. The van der Waals surface area contributed by atoms with E-state index in [1.807, 2.05) is 18.0 Å². The Morgan fingerprint density at radius 2 is 1.90 bits per heavy atom. The molecule has 0 aliphatic carbocycles. The second-order valence-corrected chi connectivity index (χ2v) is 13.3. The Labute approximate surface area is 244 Å². The molecule has 0 spiro atoms. The van der Waals surface area contributed by atoms with Gasteiger partial charge in [0, 0.05) is 42.9 Å². The van der Waals surface area contributed by atoms with Crippen molar-refractivity contribution in [1.29, 1.82) is 0 Å². The number of unbranched alkanes of at least 4 members (excludes halogenated alkanes) is 1. The Morgan fingerprint density at radius 1 is 1.17 bits per heavy atom. The van der Waals surface area contributed by atoms with Crippen molar-refractivity contribution in [1.82, 2.24) is 9.97 Å². The second kappa shape index (κ2) is 13.4. The quantitative estimate of drug-likeness (QED) is 0.157. The van der Waals surface area contributed by atoms with Gasteiger partial charge in [-0.15, -0.1) is 4.36 Å². The average molecular weight is 610 g/mol. The first kappa shape index (κ1) is 32.0. The van der Waals surface area contributed by atoms with Crippen molar-refractivity contribution in [3.8, 4) is 17.0 Å². The van der Waals surface area contributed by atoms with Crippen molar-refractivity contribution < 1.29 is 27.3 Å². The summed E-state index contributed by atoms with van der Waals surface area (Å²) in [6.45, 7) is 6.00. The van der Waals surface area contributed by atoms with E-state index < -0.39 is 33.1 Å². The standard InChI is InChI=1S/C28H34ClF2N5O4S/c1-28(2,3)40-27(37)35-41(5,38)17-18-12-20(32)15-21(13-18)36(4)10-6-7-11-39-24-14-19(30)8-9-22(24)25-23(31)16-33-26(29)34-25/h8-9,12-16H,6-7,10-11,17,32H2,1-5H3. The third-order valence-corrected chi connectivity index (χ3v) is 7.18. The number of rotatable bonds is 10. The molecule has 9 nitrogen and oxygen atoms in total. The van der Waals surface area contributed by atoms with Gasteiger partial charge in [-0.3, -0.25) is 0 Å². The Balaban J connectivity index is 1.60. The zero-order valence-corrected chi connectivity index (χ0v) is 25.2. The van der Waals surface area contributed by atoms with Crippen LogP contribution in [0.4, 0.5) is 25.0 Å². The summed E-state index contributed by atoms with van der Waals surface area (Å²) >= 11 is 5.81. The SMILES string of the molecule is CN(CCCCOc1cc(F)ccc1-c1nc(Cl)ncc1F)c1cc(N)cc(CS(C)(=O)=NC(=O)OC(C)(C)C)c1. The van der Waals surface area contributed by atoms with E-state index >= 15 is 0 Å². The van der Waals surface area contributed by atoms with E-state index in [2.05, 4.69) is 14.3 Å². The number of ether oxygens (including phenoxy) is 2. The number of anilines is 2. The first-order valence-electron chi connectivity index (χ1n) is 12.8. The number of carbonyl (C=O) groups is 1. The molecule has 222 valence electrons. The van der Waals surface area contributed by atoms with Crippen LogP contribution in [0.2, 0.25) is 5.28 Å². The highest BCUT2D eigenvalue weighted by Crippen LogP contribution is 2.32. The number of aromatic nitrogens is 2. The molecule has 0 aliphatic heterocycles. The fourth-order valence-electron chi connectivity index (χ4n) is 3.89. The van der Waals surface area contributed by atoms with Crippen molar-refractivity contribution >= 4 is 38.8 Å². The lowest BCUT2D eigenvalue weighted by molar-refractivity contribution is 0.0607. The predicted molar refractivity (Wildman–Crippen MR) is 158 cm³/mol. The van der Waals surface area contributed by atoms with Crippen LogP contribution >= 0.6 is 11.6 Å². The summed E-state index contributed by atoms with van der Waals surface area (Å²) in [6.07, 6.45) is 2.80. The van der Waals surface area contributed by atoms with Gasteiger partial charge in [0.2, 0.25) is 5.28 Å². The Hall–Kier alpha value is -3.51. The van der Waals surface area contributed by atoms with Gasteiger partial charge < -0.3 is 20.1 Å². The Bertz CT molecular complexity index is 1520. The molecule has 0 saturated heterocycles. The van der Waals surface area contributed by atoms with Crippen LogP contribution in [0, 0.1) is 11.6 Å². The molecule has 2 N–H and O–H groups in total. The minimum atomic E-state index is -2.90. The van der Waals surface area contributed by atoms with Crippen LogP contribution in [-0.4, -0.2) is 52.3 Å². The van der Waals surface area contributed by atoms with Gasteiger partial charge in [-0.2, -0.15) is 0 Å². The normalized spacial score (nSPS) is 12.9. The molecule has 0 bridgehead atoms. The number of hydrogen-bond acceptors (Lipinski definition) is 8. The molecule has 0 aliphatic rings. The molecular weight excluding hydrogens is 576 g/mol. The van der Waals surface area contributed by atoms with Gasteiger partial charge in [-0.05, 0) is 81.1 Å². The van der Waals surface area contributed by atoms with Crippen molar-refractivity contribution in [3.63, 3.8) is 0 Å². The summed E-state index contributed by atoms with van der Waals surface area (Å²) in [5.74, 6) is -1.06. The number of nitrogen functional groups attached to an aromatic ring is 1. The molecule has 0 saturated carbocycles. The number of nitrogens with two attached hydrogens (primary N) is 1. The fourth-order valence-corrected chi connectivity index (χ4v) is 5.23. The number of amides is 1. The fraction of sp³-hybridized carbons (Fsp3) is 0.393. The van der Waals surface area contributed by atoms with Crippen LogP contribution in [0.15, 0.2) is 47.0 Å². The van der Waals surface area contributed by atoms with Gasteiger partial charge in [-0.25, -0.2) is 27.8 Å². The summed E-state index contributed by atoms with van der Waals surface area (Å²) < 4.78 is 55.9. The van der Waals surface area contributed by atoms with E-state index in [4.69, 9.17) is 26.8 Å². The molecule has 1 heterocycles. The molecule has 13 heteroatoms. The first-order chi connectivity index (χ1) is 19.1. The molecule has 3 rings (SSSR count). The van der Waals surface area contributed by atoms with E-state index in [0.29, 0.717) is 30.6 Å². The van der Waals surface area contributed by atoms with Gasteiger partial charge in [-0.1, -0.05) is 0 Å². The zero-order chi connectivity index (χ0) is 30.4. The average Bonchev–Trinajstić information content (AvgIpc) is 2.83. The Kier molecular flexibility index (Phi) is 10.5. The van der Waals surface area contributed by atoms with Gasteiger partial charge in [0.05, 0.1) is 28.3 Å². The lowest BCUT2D eigenvalue weighted by Gasteiger charge is -2.21. The van der Waals surface area contributed by atoms with E-state index in [1.54, 1.807) is 32.9 Å². The second-order valence-electron chi connectivity index (χ2n) is 10.6.